The number of carbonyl (C=O) groups excluding carboxylic acids is 3. The molecule has 2 aliphatic rings. The van der Waals surface area contributed by atoms with Gasteiger partial charge in [-0.15, -0.1) is 0 Å². The summed E-state index contributed by atoms with van der Waals surface area (Å²) in [4.78, 5) is 39.5. The van der Waals surface area contributed by atoms with Crippen LogP contribution < -0.4 is 14.8 Å². The van der Waals surface area contributed by atoms with Gasteiger partial charge in [-0.1, -0.05) is 36.4 Å². The van der Waals surface area contributed by atoms with E-state index >= 15 is 0 Å². The lowest BCUT2D eigenvalue weighted by molar-refractivity contribution is -0.140. The third-order valence-electron chi connectivity index (χ3n) is 6.61. The summed E-state index contributed by atoms with van der Waals surface area (Å²) in [6.45, 7) is 0.106. The Labute approximate surface area is 199 Å². The lowest BCUT2D eigenvalue weighted by atomic mass is 9.85. The van der Waals surface area contributed by atoms with Gasteiger partial charge in [0.2, 0.25) is 17.7 Å². The molecule has 0 saturated carbocycles. The van der Waals surface area contributed by atoms with E-state index in [0.29, 0.717) is 19.3 Å². The number of hydrogen-bond donors (Lipinski definition) is 1. The van der Waals surface area contributed by atoms with Gasteiger partial charge in [-0.05, 0) is 54.7 Å². The molecule has 0 unspecified atom stereocenters. The van der Waals surface area contributed by atoms with E-state index in [4.69, 9.17) is 9.47 Å². The van der Waals surface area contributed by atoms with Crippen LogP contribution in [0.3, 0.4) is 0 Å². The molecule has 178 valence electrons. The zero-order valence-corrected chi connectivity index (χ0v) is 19.5. The summed E-state index contributed by atoms with van der Waals surface area (Å²) in [5.41, 5.74) is 1.98. The second kappa shape index (κ2) is 10.5. The van der Waals surface area contributed by atoms with Crippen LogP contribution in [0.5, 0.6) is 11.5 Å². The van der Waals surface area contributed by atoms with Gasteiger partial charge in [0.05, 0.1) is 32.1 Å². The second-order valence-electron chi connectivity index (χ2n) is 8.68. The molecule has 7 nitrogen and oxygen atoms in total. The maximum Gasteiger partial charge on any atom is 0.233 e. The molecule has 4 rings (SSSR count). The van der Waals surface area contributed by atoms with Gasteiger partial charge in [0.15, 0.2) is 0 Å². The van der Waals surface area contributed by atoms with E-state index in [2.05, 4.69) is 5.32 Å². The molecule has 1 aliphatic heterocycles. The lowest BCUT2D eigenvalue weighted by Gasteiger charge is -2.21. The molecule has 7 heteroatoms. The normalized spacial score (nSPS) is 20.1. The number of carbonyl (C=O) groups is 3. The number of amides is 3. The molecule has 1 fully saturated rings. The van der Waals surface area contributed by atoms with Gasteiger partial charge in [0.25, 0.3) is 0 Å². The van der Waals surface area contributed by atoms with Crippen LogP contribution in [0.25, 0.3) is 0 Å². The first-order chi connectivity index (χ1) is 16.5. The first-order valence-corrected chi connectivity index (χ1v) is 11.6. The van der Waals surface area contributed by atoms with Crippen molar-refractivity contribution < 1.29 is 23.9 Å². The zero-order valence-electron chi connectivity index (χ0n) is 19.5. The van der Waals surface area contributed by atoms with E-state index in [-0.39, 0.29) is 48.6 Å². The molecule has 2 aromatic rings. The monoisotopic (exact) mass is 462 g/mol. The lowest BCUT2D eigenvalue weighted by Crippen LogP contribution is -2.37. The standard InChI is InChI=1S/C27H30N2O5/c1-33-20-11-7-18(8-12-20)17-24(19-9-13-21(34-2)14-10-19)28-25(30)15-16-29-26(31)22-5-3-4-6-23(22)27(29)32/h3-4,7-14,22-24H,5-6,15-17H2,1-2H3,(H,28,30)/t22-,23+,24-/m0/s1. The summed E-state index contributed by atoms with van der Waals surface area (Å²) in [6.07, 6.45) is 5.76. The van der Waals surface area contributed by atoms with Crippen molar-refractivity contribution in [1.29, 1.82) is 0 Å². The zero-order chi connectivity index (χ0) is 24.1. The van der Waals surface area contributed by atoms with E-state index in [9.17, 15) is 14.4 Å². The number of hydrogen-bond acceptors (Lipinski definition) is 5. The predicted molar refractivity (Wildman–Crippen MR) is 127 cm³/mol. The molecule has 1 aliphatic carbocycles. The smallest absolute Gasteiger partial charge is 0.233 e. The highest BCUT2D eigenvalue weighted by Crippen LogP contribution is 2.35. The Bertz CT molecular complexity index is 1040. The first kappa shape index (κ1) is 23.5. The van der Waals surface area contributed by atoms with Crippen LogP contribution >= 0.6 is 0 Å². The minimum absolute atomic E-state index is 0.0691. The minimum atomic E-state index is -0.275. The van der Waals surface area contributed by atoms with Crippen LogP contribution in [0.2, 0.25) is 0 Å². The van der Waals surface area contributed by atoms with Crippen molar-refractivity contribution in [3.05, 3.63) is 71.8 Å². The van der Waals surface area contributed by atoms with Crippen LogP contribution in [0.4, 0.5) is 0 Å². The number of imide groups is 1. The average Bonchev–Trinajstić information content (AvgIpc) is 3.12. The number of likely N-dealkylation sites (tertiary alicyclic amines) is 1. The Morgan fingerprint density at radius 1 is 0.912 bits per heavy atom. The summed E-state index contributed by atoms with van der Waals surface area (Å²) in [6, 6.07) is 15.0. The Kier molecular flexibility index (Phi) is 7.30. The summed E-state index contributed by atoms with van der Waals surface area (Å²) in [5, 5.41) is 3.09. The molecule has 0 bridgehead atoms. The van der Waals surface area contributed by atoms with Gasteiger partial charge in [0.1, 0.15) is 11.5 Å². The molecule has 0 aromatic heterocycles. The number of methoxy groups -OCH3 is 2. The molecular weight excluding hydrogens is 432 g/mol. The Hall–Kier alpha value is -3.61. The second-order valence-corrected chi connectivity index (χ2v) is 8.68. The highest BCUT2D eigenvalue weighted by molar-refractivity contribution is 6.05. The third kappa shape index (κ3) is 5.14. The summed E-state index contributed by atoms with van der Waals surface area (Å²) in [5.74, 6) is 0.437. The molecule has 1 heterocycles. The van der Waals surface area contributed by atoms with Crippen LogP contribution in [0.15, 0.2) is 60.7 Å². The fraction of sp³-hybridized carbons (Fsp3) is 0.370. The van der Waals surface area contributed by atoms with Crippen molar-refractivity contribution >= 4 is 17.7 Å². The molecule has 2 aromatic carbocycles. The van der Waals surface area contributed by atoms with Crippen molar-refractivity contribution in [2.45, 2.75) is 31.7 Å². The fourth-order valence-electron chi connectivity index (χ4n) is 4.65. The highest BCUT2D eigenvalue weighted by Gasteiger charge is 2.46. The van der Waals surface area contributed by atoms with Crippen LogP contribution in [0, 0.1) is 11.8 Å². The van der Waals surface area contributed by atoms with Gasteiger partial charge in [-0.3, -0.25) is 19.3 Å². The molecule has 1 N–H and O–H groups in total. The van der Waals surface area contributed by atoms with Gasteiger partial charge in [-0.25, -0.2) is 0 Å². The van der Waals surface area contributed by atoms with E-state index < -0.39 is 0 Å². The average molecular weight is 463 g/mol. The highest BCUT2D eigenvalue weighted by atomic mass is 16.5. The van der Waals surface area contributed by atoms with Gasteiger partial charge >= 0.3 is 0 Å². The van der Waals surface area contributed by atoms with E-state index in [1.165, 1.54) is 4.90 Å². The molecule has 0 spiro atoms. The Balaban J connectivity index is 1.42. The summed E-state index contributed by atoms with van der Waals surface area (Å²) in [7, 11) is 3.23. The Morgan fingerprint density at radius 3 is 1.97 bits per heavy atom. The van der Waals surface area contributed by atoms with Gasteiger partial charge in [0, 0.05) is 13.0 Å². The van der Waals surface area contributed by atoms with Crippen molar-refractivity contribution in [2.24, 2.45) is 11.8 Å². The van der Waals surface area contributed by atoms with E-state index in [1.54, 1.807) is 14.2 Å². The van der Waals surface area contributed by atoms with Gasteiger partial charge in [-0.2, -0.15) is 0 Å². The number of benzene rings is 2. The molecule has 3 atom stereocenters. The molecule has 34 heavy (non-hydrogen) atoms. The Morgan fingerprint density at radius 2 is 1.44 bits per heavy atom. The molecular formula is C27H30N2O5. The number of nitrogens with one attached hydrogen (secondary N) is 1. The van der Waals surface area contributed by atoms with E-state index in [1.807, 2.05) is 60.7 Å². The molecule has 0 radical (unpaired) electrons. The van der Waals surface area contributed by atoms with Crippen molar-refractivity contribution in [1.82, 2.24) is 10.2 Å². The van der Waals surface area contributed by atoms with Crippen LogP contribution in [0.1, 0.15) is 36.4 Å². The topological polar surface area (TPSA) is 84.9 Å². The van der Waals surface area contributed by atoms with E-state index in [0.717, 1.165) is 22.6 Å². The van der Waals surface area contributed by atoms with Crippen LogP contribution in [-0.4, -0.2) is 43.4 Å². The largest absolute Gasteiger partial charge is 0.497 e. The number of rotatable bonds is 9. The fourth-order valence-corrected chi connectivity index (χ4v) is 4.65. The number of ether oxygens (including phenoxy) is 2. The maximum absolute atomic E-state index is 12.9. The van der Waals surface area contributed by atoms with Crippen molar-refractivity contribution in [3.63, 3.8) is 0 Å². The predicted octanol–water partition coefficient (Wildman–Crippen LogP) is 3.45. The molecule has 1 saturated heterocycles. The molecule has 3 amide bonds. The number of allylic oxidation sites excluding steroid dienone is 2. The van der Waals surface area contributed by atoms with Crippen molar-refractivity contribution in [2.75, 3.05) is 20.8 Å². The number of fused-ring (bicyclic) bond motifs is 1. The van der Waals surface area contributed by atoms with Crippen LogP contribution in [-0.2, 0) is 20.8 Å². The third-order valence-corrected chi connectivity index (χ3v) is 6.61. The number of nitrogens with zero attached hydrogens (tertiary/aromatic N) is 1. The van der Waals surface area contributed by atoms with Gasteiger partial charge < -0.3 is 14.8 Å². The quantitative estimate of drug-likeness (QED) is 0.456. The summed E-state index contributed by atoms with van der Waals surface area (Å²) < 4.78 is 10.5. The van der Waals surface area contributed by atoms with Crippen molar-refractivity contribution in [3.8, 4) is 11.5 Å². The maximum atomic E-state index is 12.9. The minimum Gasteiger partial charge on any atom is -0.497 e. The SMILES string of the molecule is COc1ccc(C[C@H](NC(=O)CCN2C(=O)[C@H]3CC=CC[C@H]3C2=O)c2ccc(OC)cc2)cc1. The summed E-state index contributed by atoms with van der Waals surface area (Å²) >= 11 is 0. The first-order valence-electron chi connectivity index (χ1n) is 11.6.